The summed E-state index contributed by atoms with van der Waals surface area (Å²) >= 11 is 0. The van der Waals surface area contributed by atoms with Crippen LogP contribution in [0.15, 0.2) is 36.9 Å². The Morgan fingerprint density at radius 1 is 1.29 bits per heavy atom. The summed E-state index contributed by atoms with van der Waals surface area (Å²) in [5.41, 5.74) is 4.82. The third-order valence-corrected chi connectivity index (χ3v) is 1.88. The maximum absolute atomic E-state index is 12.5. The van der Waals surface area contributed by atoms with Crippen LogP contribution in [-0.4, -0.2) is 0 Å². The molecule has 1 atom stereocenters. The van der Waals surface area contributed by atoms with Gasteiger partial charge in [0, 0.05) is 6.04 Å². The standard InChI is InChI=1S/C10H10F3N/c1-2-9(14)7-5-3-4-6-8(7)10(11,12)13/h2-6,9H,1,14H2. The molecular weight excluding hydrogens is 191 g/mol. The van der Waals surface area contributed by atoms with Crippen molar-refractivity contribution in [2.45, 2.75) is 12.2 Å². The van der Waals surface area contributed by atoms with E-state index in [1.54, 1.807) is 0 Å². The van der Waals surface area contributed by atoms with Gasteiger partial charge in [0.05, 0.1) is 5.56 Å². The number of benzene rings is 1. The molecule has 0 saturated carbocycles. The summed E-state index contributed by atoms with van der Waals surface area (Å²) in [7, 11) is 0. The summed E-state index contributed by atoms with van der Waals surface area (Å²) in [6.45, 7) is 3.37. The zero-order valence-corrected chi connectivity index (χ0v) is 7.38. The molecule has 0 aliphatic heterocycles. The summed E-state index contributed by atoms with van der Waals surface area (Å²) in [6.07, 6.45) is -3.08. The molecule has 0 aliphatic carbocycles. The third-order valence-electron chi connectivity index (χ3n) is 1.88. The van der Waals surface area contributed by atoms with E-state index in [1.807, 2.05) is 0 Å². The second-order valence-electron chi connectivity index (χ2n) is 2.85. The predicted octanol–water partition coefficient (Wildman–Crippen LogP) is 2.89. The summed E-state index contributed by atoms with van der Waals surface area (Å²) in [4.78, 5) is 0. The fraction of sp³-hybridized carbons (Fsp3) is 0.200. The largest absolute Gasteiger partial charge is 0.416 e. The SMILES string of the molecule is C=CC(N)c1ccccc1C(F)(F)F. The van der Waals surface area contributed by atoms with Gasteiger partial charge in [0.15, 0.2) is 0 Å². The van der Waals surface area contributed by atoms with Gasteiger partial charge in [0.25, 0.3) is 0 Å². The van der Waals surface area contributed by atoms with Gasteiger partial charge < -0.3 is 5.73 Å². The predicted molar refractivity (Wildman–Crippen MR) is 48.6 cm³/mol. The molecule has 0 radical (unpaired) electrons. The van der Waals surface area contributed by atoms with Gasteiger partial charge in [-0.1, -0.05) is 24.3 Å². The first-order chi connectivity index (χ1) is 6.46. The number of alkyl halides is 3. The fourth-order valence-electron chi connectivity index (χ4n) is 1.17. The van der Waals surface area contributed by atoms with Crippen LogP contribution in [0, 0.1) is 0 Å². The normalized spacial score (nSPS) is 13.7. The number of rotatable bonds is 2. The minimum atomic E-state index is -4.36. The Kier molecular flexibility index (Phi) is 2.96. The molecular formula is C10H10F3N. The highest BCUT2D eigenvalue weighted by atomic mass is 19.4. The molecule has 4 heteroatoms. The number of hydrogen-bond donors (Lipinski definition) is 1. The second-order valence-corrected chi connectivity index (χ2v) is 2.85. The van der Waals surface area contributed by atoms with Gasteiger partial charge in [-0.2, -0.15) is 13.2 Å². The van der Waals surface area contributed by atoms with E-state index in [2.05, 4.69) is 6.58 Å². The van der Waals surface area contributed by atoms with Crippen LogP contribution < -0.4 is 5.73 Å². The average molecular weight is 201 g/mol. The van der Waals surface area contributed by atoms with Crippen LogP contribution in [0.1, 0.15) is 17.2 Å². The molecule has 2 N–H and O–H groups in total. The first-order valence-electron chi connectivity index (χ1n) is 4.01. The van der Waals surface area contributed by atoms with Crippen molar-refractivity contribution in [2.24, 2.45) is 5.73 Å². The van der Waals surface area contributed by atoms with Crippen molar-refractivity contribution in [1.29, 1.82) is 0 Å². The van der Waals surface area contributed by atoms with Crippen molar-refractivity contribution in [1.82, 2.24) is 0 Å². The Morgan fingerprint density at radius 2 is 1.86 bits per heavy atom. The molecule has 0 saturated heterocycles. The summed E-state index contributed by atoms with van der Waals surface area (Å²) in [5, 5.41) is 0. The molecule has 0 amide bonds. The van der Waals surface area contributed by atoms with E-state index in [4.69, 9.17) is 5.73 Å². The van der Waals surface area contributed by atoms with Crippen molar-refractivity contribution >= 4 is 0 Å². The molecule has 76 valence electrons. The van der Waals surface area contributed by atoms with Crippen LogP contribution in [0.5, 0.6) is 0 Å². The molecule has 0 heterocycles. The molecule has 0 aromatic heterocycles. The highest BCUT2D eigenvalue weighted by molar-refractivity contribution is 5.33. The molecule has 0 spiro atoms. The second kappa shape index (κ2) is 3.84. The molecule has 0 aliphatic rings. The molecule has 1 aromatic carbocycles. The Bertz CT molecular complexity index is 330. The Hall–Kier alpha value is -1.29. The van der Waals surface area contributed by atoms with Crippen molar-refractivity contribution in [3.05, 3.63) is 48.0 Å². The third kappa shape index (κ3) is 2.14. The van der Waals surface area contributed by atoms with Crippen LogP contribution in [-0.2, 0) is 6.18 Å². The molecule has 1 rings (SSSR count). The van der Waals surface area contributed by atoms with Crippen molar-refractivity contribution in [3.63, 3.8) is 0 Å². The van der Waals surface area contributed by atoms with E-state index < -0.39 is 17.8 Å². The zero-order chi connectivity index (χ0) is 10.8. The molecule has 1 aromatic rings. The molecule has 0 bridgehead atoms. The first-order valence-corrected chi connectivity index (χ1v) is 4.01. The van der Waals surface area contributed by atoms with Crippen LogP contribution in [0.25, 0.3) is 0 Å². The van der Waals surface area contributed by atoms with E-state index in [9.17, 15) is 13.2 Å². The maximum atomic E-state index is 12.5. The van der Waals surface area contributed by atoms with Gasteiger partial charge >= 0.3 is 6.18 Å². The topological polar surface area (TPSA) is 26.0 Å². The summed E-state index contributed by atoms with van der Waals surface area (Å²) in [5.74, 6) is 0. The summed E-state index contributed by atoms with van der Waals surface area (Å²) in [6, 6.07) is 4.44. The zero-order valence-electron chi connectivity index (χ0n) is 7.38. The maximum Gasteiger partial charge on any atom is 0.416 e. The lowest BCUT2D eigenvalue weighted by molar-refractivity contribution is -0.138. The Morgan fingerprint density at radius 3 is 2.36 bits per heavy atom. The van der Waals surface area contributed by atoms with E-state index in [0.29, 0.717) is 0 Å². The van der Waals surface area contributed by atoms with Crippen LogP contribution in [0.2, 0.25) is 0 Å². The monoisotopic (exact) mass is 201 g/mol. The quantitative estimate of drug-likeness (QED) is 0.731. The Labute approximate surface area is 80.0 Å². The highest BCUT2D eigenvalue weighted by Gasteiger charge is 2.33. The molecule has 1 nitrogen and oxygen atoms in total. The summed E-state index contributed by atoms with van der Waals surface area (Å²) < 4.78 is 37.4. The van der Waals surface area contributed by atoms with Crippen molar-refractivity contribution in [3.8, 4) is 0 Å². The van der Waals surface area contributed by atoms with E-state index in [-0.39, 0.29) is 5.56 Å². The lowest BCUT2D eigenvalue weighted by Gasteiger charge is -2.15. The van der Waals surface area contributed by atoms with Gasteiger partial charge in [-0.25, -0.2) is 0 Å². The van der Waals surface area contributed by atoms with E-state index in [0.717, 1.165) is 6.07 Å². The van der Waals surface area contributed by atoms with Crippen molar-refractivity contribution < 1.29 is 13.2 Å². The molecule has 14 heavy (non-hydrogen) atoms. The van der Waals surface area contributed by atoms with Crippen LogP contribution in [0.4, 0.5) is 13.2 Å². The van der Waals surface area contributed by atoms with Gasteiger partial charge in [0.2, 0.25) is 0 Å². The van der Waals surface area contributed by atoms with E-state index in [1.165, 1.54) is 24.3 Å². The average Bonchev–Trinajstić information content (AvgIpc) is 2.15. The minimum absolute atomic E-state index is 0.0509. The van der Waals surface area contributed by atoms with Crippen molar-refractivity contribution in [2.75, 3.05) is 0 Å². The van der Waals surface area contributed by atoms with Gasteiger partial charge in [-0.05, 0) is 11.6 Å². The lowest BCUT2D eigenvalue weighted by Crippen LogP contribution is -2.15. The van der Waals surface area contributed by atoms with Crippen LogP contribution >= 0.6 is 0 Å². The molecule has 0 fully saturated rings. The molecule has 1 unspecified atom stereocenters. The Balaban J connectivity index is 3.22. The smallest absolute Gasteiger partial charge is 0.321 e. The van der Waals surface area contributed by atoms with Gasteiger partial charge in [-0.15, -0.1) is 6.58 Å². The number of nitrogens with two attached hydrogens (primary N) is 1. The van der Waals surface area contributed by atoms with Crippen LogP contribution in [0.3, 0.4) is 0 Å². The van der Waals surface area contributed by atoms with Gasteiger partial charge in [0.1, 0.15) is 0 Å². The van der Waals surface area contributed by atoms with E-state index >= 15 is 0 Å². The minimum Gasteiger partial charge on any atom is -0.321 e. The highest BCUT2D eigenvalue weighted by Crippen LogP contribution is 2.33. The number of halogens is 3. The number of hydrogen-bond acceptors (Lipinski definition) is 1. The first kappa shape index (κ1) is 10.8. The lowest BCUT2D eigenvalue weighted by atomic mass is 10.0. The van der Waals surface area contributed by atoms with Gasteiger partial charge in [-0.3, -0.25) is 0 Å². The fourth-order valence-corrected chi connectivity index (χ4v) is 1.17.